The molecule has 0 aliphatic heterocycles. The Morgan fingerprint density at radius 2 is 1.94 bits per heavy atom. The maximum atomic E-state index is 11.8. The maximum Gasteiger partial charge on any atom is 0.357 e. The van der Waals surface area contributed by atoms with Gasteiger partial charge in [-0.3, -0.25) is 0 Å². The average Bonchev–Trinajstić information content (AvgIpc) is 2.78. The van der Waals surface area contributed by atoms with Crippen LogP contribution in [0.4, 0.5) is 5.69 Å². The minimum Gasteiger partial charge on any atom is -0.464 e. The first kappa shape index (κ1) is 11.2. The lowest BCUT2D eigenvalue weighted by atomic mass is 10.1. The van der Waals surface area contributed by atoms with Gasteiger partial charge in [0, 0.05) is 19.5 Å². The third kappa shape index (κ3) is 1.42. The van der Waals surface area contributed by atoms with Gasteiger partial charge in [0.05, 0.1) is 17.3 Å². The summed E-state index contributed by atoms with van der Waals surface area (Å²) in [6, 6.07) is 5.44. The highest BCUT2D eigenvalue weighted by molar-refractivity contribution is 6.34. The van der Waals surface area contributed by atoms with Crippen LogP contribution in [0.25, 0.3) is 21.9 Å². The smallest absolute Gasteiger partial charge is 0.357 e. The molecule has 0 saturated carbocycles. The second-order valence-electron chi connectivity index (χ2n) is 4.22. The lowest BCUT2D eigenvalue weighted by Gasteiger charge is -2.15. The monoisotopic (exact) mass is 263 g/mol. The zero-order valence-corrected chi connectivity index (χ0v) is 10.6. The van der Waals surface area contributed by atoms with Gasteiger partial charge in [0.15, 0.2) is 5.58 Å². The number of fused-ring (bicyclic) bond motifs is 3. The summed E-state index contributed by atoms with van der Waals surface area (Å²) in [4.78, 5) is 13.6. The van der Waals surface area contributed by atoms with Crippen LogP contribution in [0.3, 0.4) is 0 Å². The Labute approximate surface area is 107 Å². The highest BCUT2D eigenvalue weighted by Crippen LogP contribution is 2.34. The second-order valence-corrected chi connectivity index (χ2v) is 4.60. The highest BCUT2D eigenvalue weighted by atomic mass is 35.5. The van der Waals surface area contributed by atoms with Crippen LogP contribution in [-0.2, 0) is 0 Å². The van der Waals surface area contributed by atoms with E-state index in [0.717, 1.165) is 10.8 Å². The Hall–Kier alpha value is -1.94. The fourth-order valence-electron chi connectivity index (χ4n) is 2.10. The Morgan fingerprint density at radius 3 is 2.67 bits per heavy atom. The molecule has 0 unspecified atom stereocenters. The summed E-state index contributed by atoms with van der Waals surface area (Å²) in [5.74, 6) is 0. The van der Waals surface area contributed by atoms with E-state index in [1.165, 1.54) is 0 Å². The number of halogens is 1. The summed E-state index contributed by atoms with van der Waals surface area (Å²) in [6.07, 6.45) is 1.56. The molecule has 4 nitrogen and oxygen atoms in total. The first-order valence-electron chi connectivity index (χ1n) is 5.39. The number of anilines is 1. The molecule has 5 heteroatoms. The molecule has 1 aromatic carbocycles. The van der Waals surface area contributed by atoms with E-state index in [4.69, 9.17) is 20.4 Å². The van der Waals surface area contributed by atoms with Crippen LogP contribution >= 0.6 is 11.6 Å². The van der Waals surface area contributed by atoms with Crippen LogP contribution in [0.5, 0.6) is 0 Å². The maximum absolute atomic E-state index is 11.8. The quantitative estimate of drug-likeness (QED) is 0.632. The zero-order valence-electron chi connectivity index (χ0n) is 9.86. The third-order valence-corrected chi connectivity index (χ3v) is 3.20. The lowest BCUT2D eigenvalue weighted by molar-refractivity contribution is 0.563. The molecule has 92 valence electrons. The van der Waals surface area contributed by atoms with E-state index in [1.54, 1.807) is 17.2 Å². The van der Waals surface area contributed by atoms with Crippen molar-refractivity contribution in [2.45, 2.75) is 0 Å². The largest absolute Gasteiger partial charge is 0.464 e. The lowest BCUT2D eigenvalue weighted by Crippen LogP contribution is -2.14. The molecule has 0 spiro atoms. The van der Waals surface area contributed by atoms with Crippen LogP contribution in [0.1, 0.15) is 0 Å². The molecular formula is C13H10ClNO3. The molecule has 0 radical (unpaired) electrons. The van der Waals surface area contributed by atoms with Crippen molar-refractivity contribution in [3.8, 4) is 0 Å². The van der Waals surface area contributed by atoms with Gasteiger partial charge in [-0.1, -0.05) is 11.6 Å². The minimum atomic E-state index is -0.540. The number of hydrogen-bond acceptors (Lipinski definition) is 4. The van der Waals surface area contributed by atoms with Gasteiger partial charge in [0.1, 0.15) is 10.6 Å². The molecule has 0 aliphatic rings. The fraction of sp³-hybridized carbons (Fsp3) is 0.154. The standard InChI is InChI=1S/C13H10ClNO3/c1-15(2)11-8-3-4-9-7(5-6-17-9)12(8)18-13(16)10(11)14/h3-6H,1-2H3. The molecule has 0 amide bonds. The van der Waals surface area contributed by atoms with Crippen molar-refractivity contribution in [1.29, 1.82) is 0 Å². The van der Waals surface area contributed by atoms with Gasteiger partial charge in [-0.25, -0.2) is 4.79 Å². The van der Waals surface area contributed by atoms with Crippen molar-refractivity contribution in [2.75, 3.05) is 19.0 Å². The Morgan fingerprint density at radius 1 is 1.17 bits per heavy atom. The van der Waals surface area contributed by atoms with Gasteiger partial charge in [-0.05, 0) is 18.2 Å². The van der Waals surface area contributed by atoms with Crippen LogP contribution in [0.15, 0.2) is 38.1 Å². The van der Waals surface area contributed by atoms with Crippen molar-refractivity contribution in [2.24, 2.45) is 0 Å². The predicted octanol–water partition coefficient (Wildman–Crippen LogP) is 3.26. The highest BCUT2D eigenvalue weighted by Gasteiger charge is 2.16. The number of hydrogen-bond donors (Lipinski definition) is 0. The Kier molecular flexibility index (Phi) is 2.35. The third-order valence-electron chi connectivity index (χ3n) is 2.87. The van der Waals surface area contributed by atoms with Gasteiger partial charge in [-0.15, -0.1) is 0 Å². The predicted molar refractivity (Wildman–Crippen MR) is 71.6 cm³/mol. The first-order valence-corrected chi connectivity index (χ1v) is 5.77. The molecule has 2 heterocycles. The first-order chi connectivity index (χ1) is 8.59. The van der Waals surface area contributed by atoms with E-state index < -0.39 is 5.63 Å². The summed E-state index contributed by atoms with van der Waals surface area (Å²) < 4.78 is 10.6. The van der Waals surface area contributed by atoms with Crippen molar-refractivity contribution in [1.82, 2.24) is 0 Å². The van der Waals surface area contributed by atoms with Gasteiger partial charge in [0.25, 0.3) is 0 Å². The Bertz CT molecular complexity index is 801. The van der Waals surface area contributed by atoms with E-state index in [9.17, 15) is 4.79 Å². The number of nitrogens with zero attached hydrogens (tertiary/aromatic N) is 1. The van der Waals surface area contributed by atoms with Gasteiger partial charge in [0.2, 0.25) is 0 Å². The summed E-state index contributed by atoms with van der Waals surface area (Å²) in [5, 5.41) is 1.65. The van der Waals surface area contributed by atoms with Crippen molar-refractivity contribution in [3.05, 3.63) is 39.9 Å². The molecule has 0 bridgehead atoms. The van der Waals surface area contributed by atoms with Crippen LogP contribution in [0, 0.1) is 0 Å². The SMILES string of the molecule is CN(C)c1c(Cl)c(=O)oc2c1ccc1occc12. The summed E-state index contributed by atoms with van der Waals surface area (Å²) in [6.45, 7) is 0. The molecule has 0 saturated heterocycles. The molecular weight excluding hydrogens is 254 g/mol. The molecule has 0 fully saturated rings. The summed E-state index contributed by atoms with van der Waals surface area (Å²) in [5.41, 5.74) is 1.30. The molecule has 0 N–H and O–H groups in total. The average molecular weight is 264 g/mol. The van der Waals surface area contributed by atoms with Gasteiger partial charge in [-0.2, -0.15) is 0 Å². The molecule has 3 aromatic rings. The molecule has 2 aromatic heterocycles. The van der Waals surface area contributed by atoms with E-state index in [0.29, 0.717) is 16.9 Å². The molecule has 3 rings (SSSR count). The minimum absolute atomic E-state index is 0.0929. The normalized spacial score (nSPS) is 11.3. The van der Waals surface area contributed by atoms with Gasteiger partial charge < -0.3 is 13.7 Å². The van der Waals surface area contributed by atoms with E-state index in [-0.39, 0.29) is 5.02 Å². The molecule has 18 heavy (non-hydrogen) atoms. The van der Waals surface area contributed by atoms with E-state index in [2.05, 4.69) is 0 Å². The Balaban J connectivity index is 2.60. The van der Waals surface area contributed by atoms with E-state index in [1.807, 2.05) is 26.2 Å². The number of benzene rings is 1. The fourth-order valence-corrected chi connectivity index (χ4v) is 2.41. The second kappa shape index (κ2) is 3.78. The van der Waals surface area contributed by atoms with Crippen LogP contribution in [0.2, 0.25) is 5.02 Å². The van der Waals surface area contributed by atoms with Crippen LogP contribution in [-0.4, -0.2) is 14.1 Å². The number of furan rings is 1. The van der Waals surface area contributed by atoms with Crippen molar-refractivity contribution >= 4 is 39.2 Å². The summed E-state index contributed by atoms with van der Waals surface area (Å²) >= 11 is 6.02. The van der Waals surface area contributed by atoms with Crippen LogP contribution < -0.4 is 10.5 Å². The molecule has 0 atom stereocenters. The topological polar surface area (TPSA) is 46.6 Å². The van der Waals surface area contributed by atoms with Crippen molar-refractivity contribution < 1.29 is 8.83 Å². The van der Waals surface area contributed by atoms with E-state index >= 15 is 0 Å². The van der Waals surface area contributed by atoms with Crippen molar-refractivity contribution in [3.63, 3.8) is 0 Å². The zero-order chi connectivity index (χ0) is 12.9. The van der Waals surface area contributed by atoms with Gasteiger partial charge >= 0.3 is 5.63 Å². The number of rotatable bonds is 1. The molecule has 0 aliphatic carbocycles. The summed E-state index contributed by atoms with van der Waals surface area (Å²) in [7, 11) is 3.67.